The first-order valence-corrected chi connectivity index (χ1v) is 10.3. The van der Waals surface area contributed by atoms with Gasteiger partial charge in [0.05, 0.1) is 16.8 Å². The zero-order valence-electron chi connectivity index (χ0n) is 16.8. The maximum atomic E-state index is 12.5. The number of piperidine rings is 1. The van der Waals surface area contributed by atoms with E-state index in [0.717, 1.165) is 38.2 Å². The largest absolute Gasteiger partial charge is 0.357 e. The van der Waals surface area contributed by atoms with E-state index in [1.54, 1.807) is 36.5 Å². The van der Waals surface area contributed by atoms with Gasteiger partial charge in [0, 0.05) is 19.3 Å². The molecule has 0 aliphatic carbocycles. The summed E-state index contributed by atoms with van der Waals surface area (Å²) in [4.78, 5) is 19.3. The molecule has 30 heavy (non-hydrogen) atoms. The number of benzene rings is 2. The predicted molar refractivity (Wildman–Crippen MR) is 118 cm³/mol. The number of anilines is 2. The van der Waals surface area contributed by atoms with Crippen LogP contribution in [0.15, 0.2) is 72.9 Å². The maximum absolute atomic E-state index is 12.5. The van der Waals surface area contributed by atoms with Crippen molar-refractivity contribution in [2.24, 2.45) is 5.92 Å². The van der Waals surface area contributed by atoms with Crippen molar-refractivity contribution in [2.75, 3.05) is 23.3 Å². The van der Waals surface area contributed by atoms with Crippen LogP contribution < -0.4 is 10.2 Å². The number of aromatic nitrogens is 1. The second-order valence-corrected chi connectivity index (χ2v) is 7.64. The van der Waals surface area contributed by atoms with E-state index >= 15 is 0 Å². The summed E-state index contributed by atoms with van der Waals surface area (Å²) in [5.74, 6) is 1.34. The summed E-state index contributed by atoms with van der Waals surface area (Å²) in [5, 5.41) is 12.0. The second-order valence-electron chi connectivity index (χ2n) is 7.64. The molecule has 4 rings (SSSR count). The van der Waals surface area contributed by atoms with Gasteiger partial charge in [0.2, 0.25) is 0 Å². The molecule has 0 atom stereocenters. The molecule has 1 aliphatic rings. The van der Waals surface area contributed by atoms with E-state index in [-0.39, 0.29) is 5.91 Å². The Hall–Kier alpha value is -3.65. The van der Waals surface area contributed by atoms with Crippen LogP contribution in [-0.2, 0) is 6.42 Å². The van der Waals surface area contributed by atoms with E-state index in [9.17, 15) is 4.79 Å². The Kier molecular flexibility index (Phi) is 6.05. The standard InChI is InChI=1S/C25H24N4O/c26-17-21-8-4-5-9-23(21)28-25(30)22-10-11-24(27-18-22)29-14-12-20(13-15-29)16-19-6-2-1-3-7-19/h1-11,18,20H,12-16H2,(H,28,30). The summed E-state index contributed by atoms with van der Waals surface area (Å²) in [7, 11) is 0. The molecule has 1 saturated heterocycles. The van der Waals surface area contributed by atoms with Gasteiger partial charge < -0.3 is 10.2 Å². The molecule has 3 aromatic rings. The molecule has 1 N–H and O–H groups in total. The predicted octanol–water partition coefficient (Wildman–Crippen LogP) is 4.66. The van der Waals surface area contributed by atoms with Gasteiger partial charge in [0.1, 0.15) is 11.9 Å². The van der Waals surface area contributed by atoms with Crippen LogP contribution in [0, 0.1) is 17.2 Å². The Labute approximate surface area is 177 Å². The number of rotatable bonds is 5. The Morgan fingerprint density at radius 1 is 1.03 bits per heavy atom. The summed E-state index contributed by atoms with van der Waals surface area (Å²) in [6, 6.07) is 23.4. The van der Waals surface area contributed by atoms with Crippen molar-refractivity contribution in [3.8, 4) is 6.07 Å². The minimum absolute atomic E-state index is 0.265. The summed E-state index contributed by atoms with van der Waals surface area (Å²) >= 11 is 0. The minimum Gasteiger partial charge on any atom is -0.357 e. The van der Waals surface area contributed by atoms with Crippen LogP contribution in [0.3, 0.4) is 0 Å². The summed E-state index contributed by atoms with van der Waals surface area (Å²) in [5.41, 5.74) is 2.83. The molecule has 150 valence electrons. The van der Waals surface area contributed by atoms with E-state index in [1.807, 2.05) is 6.07 Å². The molecule has 0 radical (unpaired) electrons. The number of amides is 1. The molecule has 0 unspecified atom stereocenters. The van der Waals surface area contributed by atoms with Gasteiger partial charge >= 0.3 is 0 Å². The molecule has 0 saturated carbocycles. The van der Waals surface area contributed by atoms with Gasteiger partial charge in [-0.05, 0) is 55.0 Å². The number of pyridine rings is 1. The van der Waals surface area contributed by atoms with Gasteiger partial charge in [0.15, 0.2) is 0 Å². The highest BCUT2D eigenvalue weighted by molar-refractivity contribution is 6.04. The highest BCUT2D eigenvalue weighted by atomic mass is 16.1. The number of nitriles is 1. The van der Waals surface area contributed by atoms with Crippen molar-refractivity contribution in [3.63, 3.8) is 0 Å². The third-order valence-corrected chi connectivity index (χ3v) is 5.61. The summed E-state index contributed by atoms with van der Waals surface area (Å²) < 4.78 is 0. The average molecular weight is 396 g/mol. The molecular formula is C25H24N4O. The molecule has 2 heterocycles. The quantitative estimate of drug-likeness (QED) is 0.681. The fraction of sp³-hybridized carbons (Fsp3) is 0.240. The number of para-hydroxylation sites is 1. The molecule has 1 fully saturated rings. The van der Waals surface area contributed by atoms with Crippen LogP contribution in [0.25, 0.3) is 0 Å². The van der Waals surface area contributed by atoms with Crippen LogP contribution in [0.5, 0.6) is 0 Å². The highest BCUT2D eigenvalue weighted by Gasteiger charge is 2.20. The molecule has 2 aromatic carbocycles. The molecule has 0 bridgehead atoms. The smallest absolute Gasteiger partial charge is 0.257 e. The molecule has 5 heteroatoms. The van der Waals surface area contributed by atoms with E-state index in [0.29, 0.717) is 22.7 Å². The zero-order valence-corrected chi connectivity index (χ0v) is 16.8. The third-order valence-electron chi connectivity index (χ3n) is 5.61. The van der Waals surface area contributed by atoms with Crippen molar-refractivity contribution >= 4 is 17.4 Å². The first-order chi connectivity index (χ1) is 14.7. The van der Waals surface area contributed by atoms with Crippen molar-refractivity contribution < 1.29 is 4.79 Å². The second kappa shape index (κ2) is 9.23. The number of nitrogens with one attached hydrogen (secondary N) is 1. The Morgan fingerprint density at radius 3 is 2.47 bits per heavy atom. The van der Waals surface area contributed by atoms with Crippen molar-refractivity contribution in [2.45, 2.75) is 19.3 Å². The minimum atomic E-state index is -0.265. The fourth-order valence-electron chi connectivity index (χ4n) is 3.91. The third kappa shape index (κ3) is 4.66. The summed E-state index contributed by atoms with van der Waals surface area (Å²) in [6.07, 6.45) is 5.02. The Morgan fingerprint density at radius 2 is 1.77 bits per heavy atom. The van der Waals surface area contributed by atoms with E-state index < -0.39 is 0 Å². The van der Waals surface area contributed by atoms with Crippen LogP contribution in [-0.4, -0.2) is 24.0 Å². The van der Waals surface area contributed by atoms with Gasteiger partial charge in [0.25, 0.3) is 5.91 Å². The van der Waals surface area contributed by atoms with Crippen molar-refractivity contribution in [1.82, 2.24) is 4.98 Å². The molecule has 1 amide bonds. The lowest BCUT2D eigenvalue weighted by Gasteiger charge is -2.33. The van der Waals surface area contributed by atoms with Crippen molar-refractivity contribution in [3.05, 3.63) is 89.6 Å². The number of hydrogen-bond donors (Lipinski definition) is 1. The molecule has 0 spiro atoms. The van der Waals surface area contributed by atoms with Crippen molar-refractivity contribution in [1.29, 1.82) is 5.26 Å². The molecule has 5 nitrogen and oxygen atoms in total. The lowest BCUT2D eigenvalue weighted by atomic mass is 9.90. The van der Waals surface area contributed by atoms with E-state index in [2.05, 4.69) is 51.6 Å². The number of carbonyl (C=O) groups excluding carboxylic acids is 1. The molecule has 1 aliphatic heterocycles. The lowest BCUT2D eigenvalue weighted by Crippen LogP contribution is -2.34. The fourth-order valence-corrected chi connectivity index (χ4v) is 3.91. The van der Waals surface area contributed by atoms with E-state index in [1.165, 1.54) is 5.56 Å². The number of hydrogen-bond acceptors (Lipinski definition) is 4. The van der Waals surface area contributed by atoms with Gasteiger partial charge in [-0.15, -0.1) is 0 Å². The average Bonchev–Trinajstić information content (AvgIpc) is 2.81. The monoisotopic (exact) mass is 396 g/mol. The highest BCUT2D eigenvalue weighted by Crippen LogP contribution is 2.25. The Bertz CT molecular complexity index is 1030. The summed E-state index contributed by atoms with van der Waals surface area (Å²) in [6.45, 7) is 1.96. The lowest BCUT2D eigenvalue weighted by molar-refractivity contribution is 0.102. The molecular weight excluding hydrogens is 372 g/mol. The first kappa shape index (κ1) is 19.7. The van der Waals surface area contributed by atoms with Gasteiger partial charge in [-0.25, -0.2) is 4.98 Å². The van der Waals surface area contributed by atoms with Crippen LogP contribution in [0.1, 0.15) is 34.3 Å². The molecule has 1 aromatic heterocycles. The number of nitrogens with zero attached hydrogens (tertiary/aromatic N) is 3. The SMILES string of the molecule is N#Cc1ccccc1NC(=O)c1ccc(N2CCC(Cc3ccccc3)CC2)nc1. The normalized spacial score (nSPS) is 14.2. The van der Waals surface area contributed by atoms with Gasteiger partial charge in [-0.2, -0.15) is 5.26 Å². The van der Waals surface area contributed by atoms with Gasteiger partial charge in [-0.1, -0.05) is 42.5 Å². The van der Waals surface area contributed by atoms with E-state index in [4.69, 9.17) is 5.26 Å². The maximum Gasteiger partial charge on any atom is 0.257 e. The van der Waals surface area contributed by atoms with Crippen LogP contribution in [0.2, 0.25) is 0 Å². The number of carbonyl (C=O) groups is 1. The van der Waals surface area contributed by atoms with Crippen LogP contribution >= 0.6 is 0 Å². The topological polar surface area (TPSA) is 69.0 Å². The Balaban J connectivity index is 1.34. The first-order valence-electron chi connectivity index (χ1n) is 10.3. The van der Waals surface area contributed by atoms with Gasteiger partial charge in [-0.3, -0.25) is 4.79 Å². The van der Waals surface area contributed by atoms with Crippen LogP contribution in [0.4, 0.5) is 11.5 Å². The zero-order chi connectivity index (χ0) is 20.8.